The summed E-state index contributed by atoms with van der Waals surface area (Å²) >= 11 is 0. The Morgan fingerprint density at radius 3 is 2.54 bits per heavy atom. The van der Waals surface area contributed by atoms with E-state index in [1.807, 2.05) is 19.1 Å². The average Bonchev–Trinajstić information content (AvgIpc) is 2.02. The maximum absolute atomic E-state index is 4.32. The molecule has 0 aromatic rings. The molecule has 1 N–H and O–H groups in total. The molecular formula is C10H23N3. The summed E-state index contributed by atoms with van der Waals surface area (Å²) in [5, 5.41) is 9.55. The van der Waals surface area contributed by atoms with Crippen molar-refractivity contribution < 1.29 is 0 Å². The molecule has 0 aliphatic rings. The van der Waals surface area contributed by atoms with Crippen LogP contribution in [0.1, 0.15) is 33.1 Å². The van der Waals surface area contributed by atoms with Crippen LogP contribution in [0.2, 0.25) is 0 Å². The minimum atomic E-state index is 1.09. The summed E-state index contributed by atoms with van der Waals surface area (Å²) in [6.07, 6.45) is 3.49. The highest BCUT2D eigenvalue weighted by Crippen LogP contribution is 1.92. The van der Waals surface area contributed by atoms with Gasteiger partial charge in [-0.2, -0.15) is 5.10 Å². The summed E-state index contributed by atoms with van der Waals surface area (Å²) in [5.41, 5.74) is 1.21. The highest BCUT2D eigenvalue weighted by Gasteiger charge is 1.92. The first-order valence-corrected chi connectivity index (χ1v) is 5.09. The van der Waals surface area contributed by atoms with Crippen molar-refractivity contribution in [1.82, 2.24) is 10.3 Å². The lowest BCUT2D eigenvalue weighted by Gasteiger charge is -2.07. The Morgan fingerprint density at radius 1 is 1.31 bits per heavy atom. The van der Waals surface area contributed by atoms with Crippen LogP contribution in [0.15, 0.2) is 5.10 Å². The van der Waals surface area contributed by atoms with Crippen molar-refractivity contribution in [3.63, 3.8) is 0 Å². The van der Waals surface area contributed by atoms with Crippen LogP contribution in [0, 0.1) is 0 Å². The third kappa shape index (κ3) is 9.34. The summed E-state index contributed by atoms with van der Waals surface area (Å²) in [6.45, 7) is 6.50. The van der Waals surface area contributed by atoms with E-state index in [0.29, 0.717) is 0 Å². The number of rotatable bonds is 7. The van der Waals surface area contributed by atoms with Crippen molar-refractivity contribution in [2.45, 2.75) is 33.1 Å². The van der Waals surface area contributed by atoms with Gasteiger partial charge in [-0.25, -0.2) is 0 Å². The minimum Gasteiger partial charge on any atom is -0.317 e. The lowest BCUT2D eigenvalue weighted by molar-refractivity contribution is 0.435. The molecule has 0 radical (unpaired) electrons. The quantitative estimate of drug-likeness (QED) is 0.371. The van der Waals surface area contributed by atoms with Crippen LogP contribution in [0.5, 0.6) is 0 Å². The van der Waals surface area contributed by atoms with E-state index in [1.165, 1.54) is 18.6 Å². The Kier molecular flexibility index (Phi) is 7.69. The number of nitrogens with one attached hydrogen (secondary N) is 1. The fraction of sp³-hybridized carbons (Fsp3) is 0.900. The van der Waals surface area contributed by atoms with Crippen LogP contribution in [0.4, 0.5) is 0 Å². The molecule has 0 saturated heterocycles. The predicted octanol–water partition coefficient (Wildman–Crippen LogP) is 1.70. The second kappa shape index (κ2) is 8.05. The molecule has 0 aliphatic carbocycles. The average molecular weight is 185 g/mol. The summed E-state index contributed by atoms with van der Waals surface area (Å²) in [7, 11) is 3.91. The van der Waals surface area contributed by atoms with Gasteiger partial charge in [0.1, 0.15) is 0 Å². The van der Waals surface area contributed by atoms with Gasteiger partial charge in [-0.05, 0) is 39.3 Å². The van der Waals surface area contributed by atoms with Crippen LogP contribution in [-0.2, 0) is 0 Å². The number of hydrazone groups is 1. The molecule has 0 aliphatic heterocycles. The molecule has 78 valence electrons. The fourth-order valence-corrected chi connectivity index (χ4v) is 1.16. The van der Waals surface area contributed by atoms with Gasteiger partial charge in [0.05, 0.1) is 0 Å². The van der Waals surface area contributed by atoms with Gasteiger partial charge in [0.25, 0.3) is 0 Å². The zero-order chi connectivity index (χ0) is 10.1. The molecule has 0 unspecified atom stereocenters. The monoisotopic (exact) mass is 185 g/mol. The van der Waals surface area contributed by atoms with E-state index in [0.717, 1.165) is 19.5 Å². The SMILES string of the molecule is CCCNCCC/C(C)=N/N(C)C. The van der Waals surface area contributed by atoms with Crippen LogP contribution >= 0.6 is 0 Å². The van der Waals surface area contributed by atoms with Gasteiger partial charge in [-0.1, -0.05) is 6.92 Å². The van der Waals surface area contributed by atoms with Crippen molar-refractivity contribution in [2.75, 3.05) is 27.2 Å². The first kappa shape index (κ1) is 12.4. The van der Waals surface area contributed by atoms with Crippen LogP contribution < -0.4 is 5.32 Å². The molecule has 0 fully saturated rings. The maximum Gasteiger partial charge on any atom is 0.0350 e. The Hall–Kier alpha value is -0.570. The summed E-state index contributed by atoms with van der Waals surface area (Å²) in [5.74, 6) is 0. The van der Waals surface area contributed by atoms with E-state index in [1.54, 1.807) is 0 Å². The van der Waals surface area contributed by atoms with Crippen molar-refractivity contribution >= 4 is 5.71 Å². The fourth-order valence-electron chi connectivity index (χ4n) is 1.16. The largest absolute Gasteiger partial charge is 0.317 e. The minimum absolute atomic E-state index is 1.09. The molecule has 0 saturated carbocycles. The van der Waals surface area contributed by atoms with Gasteiger partial charge >= 0.3 is 0 Å². The Labute approximate surface area is 82.2 Å². The molecule has 0 rings (SSSR count). The Bertz CT molecular complexity index is 141. The lowest BCUT2D eigenvalue weighted by Crippen LogP contribution is -2.17. The second-order valence-electron chi connectivity index (χ2n) is 3.54. The van der Waals surface area contributed by atoms with Crippen molar-refractivity contribution in [3.05, 3.63) is 0 Å². The maximum atomic E-state index is 4.32. The zero-order valence-electron chi connectivity index (χ0n) is 9.43. The molecule has 3 nitrogen and oxygen atoms in total. The smallest absolute Gasteiger partial charge is 0.0350 e. The predicted molar refractivity (Wildman–Crippen MR) is 59.2 cm³/mol. The highest BCUT2D eigenvalue weighted by atomic mass is 15.4. The van der Waals surface area contributed by atoms with E-state index in [9.17, 15) is 0 Å². The van der Waals surface area contributed by atoms with Gasteiger partial charge in [-0.15, -0.1) is 0 Å². The number of nitrogens with zero attached hydrogens (tertiary/aromatic N) is 2. The van der Waals surface area contributed by atoms with Crippen molar-refractivity contribution in [1.29, 1.82) is 0 Å². The van der Waals surface area contributed by atoms with E-state index in [4.69, 9.17) is 0 Å². The van der Waals surface area contributed by atoms with E-state index < -0.39 is 0 Å². The topological polar surface area (TPSA) is 27.6 Å². The molecule has 0 spiro atoms. The van der Waals surface area contributed by atoms with Crippen molar-refractivity contribution in [2.24, 2.45) is 5.10 Å². The molecule has 13 heavy (non-hydrogen) atoms. The van der Waals surface area contributed by atoms with Gasteiger partial charge in [0, 0.05) is 19.8 Å². The van der Waals surface area contributed by atoms with Crippen LogP contribution in [-0.4, -0.2) is 37.9 Å². The molecule has 0 aromatic heterocycles. The van der Waals surface area contributed by atoms with Crippen LogP contribution in [0.25, 0.3) is 0 Å². The summed E-state index contributed by atoms with van der Waals surface area (Å²) in [6, 6.07) is 0. The van der Waals surface area contributed by atoms with Crippen molar-refractivity contribution in [3.8, 4) is 0 Å². The second-order valence-corrected chi connectivity index (χ2v) is 3.54. The molecule has 0 atom stereocenters. The normalized spacial score (nSPS) is 11.8. The number of hydrogen-bond acceptors (Lipinski definition) is 3. The van der Waals surface area contributed by atoms with Gasteiger partial charge in [-0.3, -0.25) is 0 Å². The molecular weight excluding hydrogens is 162 g/mol. The van der Waals surface area contributed by atoms with Gasteiger partial charge in [0.2, 0.25) is 0 Å². The Balaban J connectivity index is 3.31. The lowest BCUT2D eigenvalue weighted by atomic mass is 10.2. The molecule has 3 heteroatoms. The highest BCUT2D eigenvalue weighted by molar-refractivity contribution is 5.81. The first-order chi connectivity index (χ1) is 6.16. The molecule has 0 heterocycles. The van der Waals surface area contributed by atoms with E-state index >= 15 is 0 Å². The Morgan fingerprint density at radius 2 is 2.00 bits per heavy atom. The van der Waals surface area contributed by atoms with E-state index in [2.05, 4.69) is 24.3 Å². The summed E-state index contributed by atoms with van der Waals surface area (Å²) in [4.78, 5) is 0. The van der Waals surface area contributed by atoms with Gasteiger partial charge < -0.3 is 10.3 Å². The number of hydrogen-bond donors (Lipinski definition) is 1. The van der Waals surface area contributed by atoms with Crippen LogP contribution in [0.3, 0.4) is 0 Å². The zero-order valence-corrected chi connectivity index (χ0v) is 9.43. The van der Waals surface area contributed by atoms with Gasteiger partial charge in [0.15, 0.2) is 0 Å². The molecule has 0 amide bonds. The van der Waals surface area contributed by atoms with E-state index in [-0.39, 0.29) is 0 Å². The first-order valence-electron chi connectivity index (χ1n) is 5.09. The third-order valence-corrected chi connectivity index (χ3v) is 1.69. The molecule has 0 bridgehead atoms. The third-order valence-electron chi connectivity index (χ3n) is 1.69. The summed E-state index contributed by atoms with van der Waals surface area (Å²) < 4.78 is 0. The molecule has 0 aromatic carbocycles. The standard InChI is InChI=1S/C10H23N3/c1-5-8-11-9-6-7-10(2)12-13(3)4/h11H,5-9H2,1-4H3/b12-10+.